The lowest BCUT2D eigenvalue weighted by Crippen LogP contribution is -2.23. The van der Waals surface area contributed by atoms with Crippen molar-refractivity contribution in [2.75, 3.05) is 6.61 Å². The van der Waals surface area contributed by atoms with Gasteiger partial charge in [0.2, 0.25) is 0 Å². The van der Waals surface area contributed by atoms with Crippen molar-refractivity contribution in [2.45, 2.75) is 26.7 Å². The van der Waals surface area contributed by atoms with E-state index >= 15 is 0 Å². The summed E-state index contributed by atoms with van der Waals surface area (Å²) in [5.41, 5.74) is 0.535. The number of aliphatic hydroxyl groups excluding tert-OH is 1. The van der Waals surface area contributed by atoms with Crippen molar-refractivity contribution >= 4 is 11.6 Å². The standard InChI is InChI=1S/C12H16ClFO/c1-3-12(2,8-15)7-9-6-10(14)4-5-11(9)13/h4-6,15H,3,7-8H2,1-2H3. The molecule has 84 valence electrons. The van der Waals surface area contributed by atoms with Crippen LogP contribution in [0, 0.1) is 11.2 Å². The highest BCUT2D eigenvalue weighted by Gasteiger charge is 2.22. The maximum absolute atomic E-state index is 13.0. The van der Waals surface area contributed by atoms with Crippen LogP contribution < -0.4 is 0 Å². The average molecular weight is 231 g/mol. The first-order valence-electron chi connectivity index (χ1n) is 5.05. The Labute approximate surface area is 94.9 Å². The van der Waals surface area contributed by atoms with Gasteiger partial charge in [-0.05, 0) is 42.0 Å². The van der Waals surface area contributed by atoms with Gasteiger partial charge < -0.3 is 5.11 Å². The molecule has 0 radical (unpaired) electrons. The third kappa shape index (κ3) is 3.18. The third-order valence-corrected chi connectivity index (χ3v) is 3.23. The number of hydrogen-bond acceptors (Lipinski definition) is 1. The Balaban J connectivity index is 2.92. The Morgan fingerprint density at radius 3 is 2.67 bits per heavy atom. The summed E-state index contributed by atoms with van der Waals surface area (Å²) in [5, 5.41) is 9.83. The van der Waals surface area contributed by atoms with Gasteiger partial charge in [-0.2, -0.15) is 0 Å². The maximum atomic E-state index is 13.0. The van der Waals surface area contributed by atoms with E-state index in [9.17, 15) is 9.50 Å². The van der Waals surface area contributed by atoms with Crippen molar-refractivity contribution < 1.29 is 9.50 Å². The Hall–Kier alpha value is -0.600. The molecule has 1 aromatic rings. The van der Waals surface area contributed by atoms with Gasteiger partial charge in [0.05, 0.1) is 0 Å². The van der Waals surface area contributed by atoms with E-state index in [1.807, 2.05) is 13.8 Å². The van der Waals surface area contributed by atoms with Crippen LogP contribution in [0.3, 0.4) is 0 Å². The van der Waals surface area contributed by atoms with E-state index in [-0.39, 0.29) is 17.8 Å². The zero-order valence-electron chi connectivity index (χ0n) is 9.06. The molecule has 1 nitrogen and oxygen atoms in total. The summed E-state index contributed by atoms with van der Waals surface area (Å²) in [7, 11) is 0. The van der Waals surface area contributed by atoms with Gasteiger partial charge in [-0.25, -0.2) is 4.39 Å². The first kappa shape index (κ1) is 12.5. The zero-order valence-corrected chi connectivity index (χ0v) is 9.81. The largest absolute Gasteiger partial charge is 0.396 e. The Bertz CT molecular complexity index is 334. The number of benzene rings is 1. The summed E-state index contributed by atoms with van der Waals surface area (Å²) < 4.78 is 13.0. The molecular weight excluding hydrogens is 215 g/mol. The highest BCUT2D eigenvalue weighted by atomic mass is 35.5. The number of aliphatic hydroxyl groups is 1. The van der Waals surface area contributed by atoms with E-state index < -0.39 is 0 Å². The number of rotatable bonds is 4. The molecule has 1 atom stereocenters. The van der Waals surface area contributed by atoms with Crippen molar-refractivity contribution in [3.05, 3.63) is 34.6 Å². The van der Waals surface area contributed by atoms with Gasteiger partial charge in [-0.1, -0.05) is 25.4 Å². The van der Waals surface area contributed by atoms with Gasteiger partial charge >= 0.3 is 0 Å². The highest BCUT2D eigenvalue weighted by Crippen LogP contribution is 2.29. The van der Waals surface area contributed by atoms with Crippen molar-refractivity contribution in [1.82, 2.24) is 0 Å². The SMILES string of the molecule is CCC(C)(CO)Cc1cc(F)ccc1Cl. The van der Waals surface area contributed by atoms with Gasteiger partial charge in [0.15, 0.2) is 0 Å². The van der Waals surface area contributed by atoms with Crippen molar-refractivity contribution in [2.24, 2.45) is 5.41 Å². The van der Waals surface area contributed by atoms with Gasteiger partial charge in [-0.15, -0.1) is 0 Å². The van der Waals surface area contributed by atoms with Crippen molar-refractivity contribution in [1.29, 1.82) is 0 Å². The fourth-order valence-corrected chi connectivity index (χ4v) is 1.62. The lowest BCUT2D eigenvalue weighted by atomic mass is 9.82. The zero-order chi connectivity index (χ0) is 11.5. The van der Waals surface area contributed by atoms with Crippen LogP contribution in [0.25, 0.3) is 0 Å². The van der Waals surface area contributed by atoms with Crippen LogP contribution in [0.4, 0.5) is 4.39 Å². The van der Waals surface area contributed by atoms with Gasteiger partial charge in [-0.3, -0.25) is 0 Å². The van der Waals surface area contributed by atoms with Crippen LogP contribution in [0.2, 0.25) is 5.02 Å². The Morgan fingerprint density at radius 1 is 1.47 bits per heavy atom. The van der Waals surface area contributed by atoms with Gasteiger partial charge in [0.25, 0.3) is 0 Å². The lowest BCUT2D eigenvalue weighted by Gasteiger charge is -2.26. The fraction of sp³-hybridized carbons (Fsp3) is 0.500. The molecule has 0 bridgehead atoms. The number of hydrogen-bond donors (Lipinski definition) is 1. The molecule has 0 aromatic heterocycles. The molecule has 3 heteroatoms. The molecule has 15 heavy (non-hydrogen) atoms. The lowest BCUT2D eigenvalue weighted by molar-refractivity contribution is 0.137. The molecule has 0 spiro atoms. The average Bonchev–Trinajstić information content (AvgIpc) is 2.23. The van der Waals surface area contributed by atoms with Crippen LogP contribution in [0.15, 0.2) is 18.2 Å². The van der Waals surface area contributed by atoms with E-state index in [1.54, 1.807) is 6.07 Å². The summed E-state index contributed by atoms with van der Waals surface area (Å²) in [6, 6.07) is 4.33. The monoisotopic (exact) mass is 230 g/mol. The van der Waals surface area contributed by atoms with E-state index in [4.69, 9.17) is 11.6 Å². The second-order valence-corrected chi connectivity index (χ2v) is 4.64. The smallest absolute Gasteiger partial charge is 0.123 e. The number of halogens is 2. The van der Waals surface area contributed by atoms with E-state index in [1.165, 1.54) is 12.1 Å². The molecule has 1 rings (SSSR count). The summed E-state index contributed by atoms with van der Waals surface area (Å²) >= 11 is 5.97. The third-order valence-electron chi connectivity index (χ3n) is 2.86. The molecule has 1 N–H and O–H groups in total. The van der Waals surface area contributed by atoms with Crippen LogP contribution in [-0.4, -0.2) is 11.7 Å². The Kier molecular flexibility index (Phi) is 4.12. The second kappa shape index (κ2) is 4.95. The highest BCUT2D eigenvalue weighted by molar-refractivity contribution is 6.31. The first-order chi connectivity index (χ1) is 7.00. The topological polar surface area (TPSA) is 20.2 Å². The summed E-state index contributed by atoms with van der Waals surface area (Å²) in [4.78, 5) is 0. The summed E-state index contributed by atoms with van der Waals surface area (Å²) in [6.07, 6.45) is 1.42. The van der Waals surface area contributed by atoms with Crippen LogP contribution in [0.1, 0.15) is 25.8 Å². The predicted molar refractivity (Wildman–Crippen MR) is 60.6 cm³/mol. The molecular formula is C12H16ClFO. The normalized spacial score (nSPS) is 15.0. The fourth-order valence-electron chi connectivity index (χ4n) is 1.43. The molecule has 1 unspecified atom stereocenters. The summed E-state index contributed by atoms with van der Waals surface area (Å²) in [6.45, 7) is 4.05. The minimum absolute atomic E-state index is 0.0797. The minimum atomic E-state index is -0.286. The van der Waals surface area contributed by atoms with Crippen molar-refractivity contribution in [3.63, 3.8) is 0 Å². The van der Waals surface area contributed by atoms with E-state index in [2.05, 4.69) is 0 Å². The molecule has 0 amide bonds. The molecule has 0 aliphatic heterocycles. The first-order valence-corrected chi connectivity index (χ1v) is 5.43. The summed E-state index contributed by atoms with van der Waals surface area (Å²) in [5.74, 6) is -0.286. The molecule has 0 aliphatic rings. The molecule has 0 saturated heterocycles. The molecule has 0 saturated carbocycles. The molecule has 0 heterocycles. The quantitative estimate of drug-likeness (QED) is 0.840. The van der Waals surface area contributed by atoms with E-state index in [0.717, 1.165) is 12.0 Å². The van der Waals surface area contributed by atoms with Crippen LogP contribution >= 0.6 is 11.6 Å². The maximum Gasteiger partial charge on any atom is 0.123 e. The van der Waals surface area contributed by atoms with Crippen molar-refractivity contribution in [3.8, 4) is 0 Å². The Morgan fingerprint density at radius 2 is 2.13 bits per heavy atom. The predicted octanol–water partition coefficient (Wildman–Crippen LogP) is 3.43. The van der Waals surface area contributed by atoms with Gasteiger partial charge in [0.1, 0.15) is 5.82 Å². The second-order valence-electron chi connectivity index (χ2n) is 4.23. The van der Waals surface area contributed by atoms with Crippen LogP contribution in [0.5, 0.6) is 0 Å². The molecule has 1 aromatic carbocycles. The van der Waals surface area contributed by atoms with E-state index in [0.29, 0.717) is 11.4 Å². The minimum Gasteiger partial charge on any atom is -0.396 e. The van der Waals surface area contributed by atoms with Crippen LogP contribution in [-0.2, 0) is 6.42 Å². The molecule has 0 aliphatic carbocycles. The van der Waals surface area contributed by atoms with Gasteiger partial charge in [0, 0.05) is 11.6 Å². The molecule has 0 fully saturated rings.